The number of nitrogens with zero attached hydrogens (tertiary/aromatic N) is 3. The zero-order chi connectivity index (χ0) is 19.1. The maximum absolute atomic E-state index is 13.2. The summed E-state index contributed by atoms with van der Waals surface area (Å²) >= 11 is 1.51. The van der Waals surface area contributed by atoms with Gasteiger partial charge in [0.25, 0.3) is 5.56 Å². The Balaban J connectivity index is 1.66. The van der Waals surface area contributed by atoms with Gasteiger partial charge in [-0.3, -0.25) is 9.36 Å². The normalized spacial score (nSPS) is 14.3. The zero-order valence-corrected chi connectivity index (χ0v) is 15.7. The number of fused-ring (bicyclic) bond motifs is 2. The smallest absolute Gasteiger partial charge is 0.263 e. The molecular formula is C23H15N3OS. The molecule has 28 heavy (non-hydrogen) atoms. The summed E-state index contributed by atoms with van der Waals surface area (Å²) in [6, 6.07) is 19.6. The maximum atomic E-state index is 13.2. The van der Waals surface area contributed by atoms with Gasteiger partial charge in [-0.15, -0.1) is 11.3 Å². The van der Waals surface area contributed by atoms with E-state index in [9.17, 15) is 4.79 Å². The van der Waals surface area contributed by atoms with E-state index in [4.69, 9.17) is 10.2 Å². The second-order valence-corrected chi connectivity index (χ2v) is 7.60. The highest BCUT2D eigenvalue weighted by Gasteiger charge is 2.23. The molecule has 2 aromatic carbocycles. The zero-order valence-electron chi connectivity index (χ0n) is 14.9. The van der Waals surface area contributed by atoms with E-state index >= 15 is 0 Å². The lowest BCUT2D eigenvalue weighted by molar-refractivity contribution is 0.726. The molecule has 0 aliphatic carbocycles. The van der Waals surface area contributed by atoms with Crippen LogP contribution in [0.1, 0.15) is 23.4 Å². The average Bonchev–Trinajstić information content (AvgIpc) is 3.34. The van der Waals surface area contributed by atoms with Crippen LogP contribution in [0.3, 0.4) is 0 Å². The highest BCUT2D eigenvalue weighted by atomic mass is 32.1. The van der Waals surface area contributed by atoms with E-state index < -0.39 is 0 Å². The molecule has 0 radical (unpaired) electrons. The van der Waals surface area contributed by atoms with Gasteiger partial charge >= 0.3 is 0 Å². The van der Waals surface area contributed by atoms with Gasteiger partial charge in [-0.25, -0.2) is 4.98 Å². The van der Waals surface area contributed by atoms with Crippen molar-refractivity contribution in [2.45, 2.75) is 13.0 Å². The van der Waals surface area contributed by atoms with Crippen molar-refractivity contribution < 1.29 is 0 Å². The van der Waals surface area contributed by atoms with Crippen LogP contribution < -0.4 is 5.56 Å². The van der Waals surface area contributed by atoms with Crippen molar-refractivity contribution in [3.63, 3.8) is 0 Å². The van der Waals surface area contributed by atoms with Crippen molar-refractivity contribution in [2.24, 2.45) is 0 Å². The third-order valence-electron chi connectivity index (χ3n) is 5.03. The molecule has 2 aromatic heterocycles. The molecule has 0 saturated heterocycles. The first-order valence-electron chi connectivity index (χ1n) is 9.03. The van der Waals surface area contributed by atoms with Crippen molar-refractivity contribution in [1.82, 2.24) is 9.55 Å². The third kappa shape index (κ3) is 2.67. The highest BCUT2D eigenvalue weighted by molar-refractivity contribution is 7.17. The molecule has 0 atom stereocenters. The summed E-state index contributed by atoms with van der Waals surface area (Å²) in [5.41, 5.74) is 4.62. The standard InChI is InChI=1S/C23H15N3OS/c24-13-16-6-4-5-15(11-16)12-18-9-10-26-21(18)25-22-20(23(26)27)19(14-28-22)17-7-2-1-3-8-17/h1-8,11-12,14H,9-10H2. The van der Waals surface area contributed by atoms with Crippen LogP contribution in [0.4, 0.5) is 0 Å². The molecule has 1 aliphatic rings. The molecule has 4 nitrogen and oxygen atoms in total. The van der Waals surface area contributed by atoms with Gasteiger partial charge in [-0.1, -0.05) is 42.5 Å². The molecule has 4 aromatic rings. The van der Waals surface area contributed by atoms with Crippen molar-refractivity contribution in [3.8, 4) is 17.2 Å². The molecule has 5 rings (SSSR count). The number of benzene rings is 2. The van der Waals surface area contributed by atoms with E-state index in [1.807, 2.05) is 60.0 Å². The Bertz CT molecular complexity index is 1340. The minimum atomic E-state index is 0.0225. The second kappa shape index (κ2) is 6.59. The first-order chi connectivity index (χ1) is 13.7. The Morgan fingerprint density at radius 3 is 2.82 bits per heavy atom. The number of hydrogen-bond donors (Lipinski definition) is 0. The minimum Gasteiger partial charge on any atom is -0.292 e. The van der Waals surface area contributed by atoms with E-state index in [0.717, 1.165) is 39.3 Å². The monoisotopic (exact) mass is 381 g/mol. The number of rotatable bonds is 2. The summed E-state index contributed by atoms with van der Waals surface area (Å²) < 4.78 is 1.78. The van der Waals surface area contributed by atoms with Crippen molar-refractivity contribution in [2.75, 3.05) is 0 Å². The van der Waals surface area contributed by atoms with Crippen LogP contribution in [-0.4, -0.2) is 9.55 Å². The summed E-state index contributed by atoms with van der Waals surface area (Å²) in [7, 11) is 0. The lowest BCUT2D eigenvalue weighted by Gasteiger charge is -2.05. The van der Waals surface area contributed by atoms with Crippen LogP contribution in [0, 0.1) is 11.3 Å². The molecule has 5 heteroatoms. The van der Waals surface area contributed by atoms with Gasteiger partial charge in [-0.05, 0) is 41.3 Å². The summed E-state index contributed by atoms with van der Waals surface area (Å²) in [5, 5.41) is 11.8. The number of hydrogen-bond acceptors (Lipinski definition) is 4. The number of nitriles is 1. The molecule has 0 fully saturated rings. The SMILES string of the molecule is N#Cc1cccc(C=C2CCn3c2nc2scc(-c4ccccc4)c2c3=O)c1. The average molecular weight is 381 g/mol. The largest absolute Gasteiger partial charge is 0.292 e. The molecule has 134 valence electrons. The van der Waals surface area contributed by atoms with Gasteiger partial charge in [0.2, 0.25) is 0 Å². The fourth-order valence-electron chi connectivity index (χ4n) is 3.69. The fraction of sp³-hybridized carbons (Fsp3) is 0.0870. The van der Waals surface area contributed by atoms with Crippen LogP contribution in [0.25, 0.3) is 33.0 Å². The van der Waals surface area contributed by atoms with E-state index in [-0.39, 0.29) is 5.56 Å². The first-order valence-corrected chi connectivity index (χ1v) is 9.91. The summed E-state index contributed by atoms with van der Waals surface area (Å²) in [6.45, 7) is 0.630. The van der Waals surface area contributed by atoms with Gasteiger partial charge in [0.1, 0.15) is 10.7 Å². The quantitative estimate of drug-likeness (QED) is 0.494. The molecule has 0 saturated carbocycles. The topological polar surface area (TPSA) is 58.7 Å². The summed E-state index contributed by atoms with van der Waals surface area (Å²) in [4.78, 5) is 18.8. The molecule has 0 amide bonds. The van der Waals surface area contributed by atoms with Gasteiger partial charge in [0.15, 0.2) is 0 Å². The lowest BCUT2D eigenvalue weighted by atomic mass is 10.1. The Morgan fingerprint density at radius 2 is 2.00 bits per heavy atom. The maximum Gasteiger partial charge on any atom is 0.263 e. The van der Waals surface area contributed by atoms with E-state index in [1.54, 1.807) is 10.6 Å². The highest BCUT2D eigenvalue weighted by Crippen LogP contribution is 2.34. The van der Waals surface area contributed by atoms with Crippen LogP contribution in [0.2, 0.25) is 0 Å². The molecule has 0 N–H and O–H groups in total. The van der Waals surface area contributed by atoms with Crippen LogP contribution in [0.15, 0.2) is 64.8 Å². The molecule has 1 aliphatic heterocycles. The van der Waals surface area contributed by atoms with Gasteiger partial charge in [-0.2, -0.15) is 5.26 Å². The van der Waals surface area contributed by atoms with E-state index in [1.165, 1.54) is 11.3 Å². The molecule has 3 heterocycles. The van der Waals surface area contributed by atoms with Crippen LogP contribution >= 0.6 is 11.3 Å². The molecule has 0 bridgehead atoms. The Kier molecular flexibility index (Phi) is 3.92. The number of allylic oxidation sites excluding steroid dienone is 1. The Hall–Kier alpha value is -3.49. The van der Waals surface area contributed by atoms with Gasteiger partial charge in [0, 0.05) is 17.5 Å². The predicted molar refractivity (Wildman–Crippen MR) is 113 cm³/mol. The summed E-state index contributed by atoms with van der Waals surface area (Å²) in [5.74, 6) is 0.737. The minimum absolute atomic E-state index is 0.0225. The van der Waals surface area contributed by atoms with Crippen LogP contribution in [-0.2, 0) is 6.54 Å². The van der Waals surface area contributed by atoms with Crippen molar-refractivity contribution in [3.05, 3.63) is 87.3 Å². The molecule has 0 spiro atoms. The van der Waals surface area contributed by atoms with Gasteiger partial charge in [0.05, 0.1) is 17.0 Å². The van der Waals surface area contributed by atoms with E-state index in [2.05, 4.69) is 6.07 Å². The number of aromatic nitrogens is 2. The van der Waals surface area contributed by atoms with Gasteiger partial charge < -0.3 is 0 Å². The summed E-state index contributed by atoms with van der Waals surface area (Å²) in [6.07, 6.45) is 2.79. The Morgan fingerprint density at radius 1 is 1.14 bits per heavy atom. The third-order valence-corrected chi connectivity index (χ3v) is 5.90. The lowest BCUT2D eigenvalue weighted by Crippen LogP contribution is -2.20. The van der Waals surface area contributed by atoms with Crippen molar-refractivity contribution >= 4 is 33.2 Å². The first kappa shape index (κ1) is 16.7. The molecular weight excluding hydrogens is 366 g/mol. The predicted octanol–water partition coefficient (Wildman–Crippen LogP) is 4.94. The Labute approximate surface area is 165 Å². The second-order valence-electron chi connectivity index (χ2n) is 6.74. The fourth-order valence-corrected chi connectivity index (χ4v) is 4.62. The van der Waals surface area contributed by atoms with Crippen LogP contribution in [0.5, 0.6) is 0 Å². The molecule has 0 unspecified atom stereocenters. The van der Waals surface area contributed by atoms with Crippen molar-refractivity contribution in [1.29, 1.82) is 5.26 Å². The van der Waals surface area contributed by atoms with E-state index in [0.29, 0.717) is 17.5 Å². The number of thiophene rings is 1.